The Balaban J connectivity index is 1.77. The van der Waals surface area contributed by atoms with Crippen LogP contribution in [0.25, 0.3) is 0 Å². The summed E-state index contributed by atoms with van der Waals surface area (Å²) < 4.78 is 36.4. The van der Waals surface area contributed by atoms with Gasteiger partial charge >= 0.3 is 0 Å². The monoisotopic (exact) mass is 337 g/mol. The number of hydrogen-bond acceptors (Lipinski definition) is 4. The molecule has 0 fully saturated rings. The summed E-state index contributed by atoms with van der Waals surface area (Å²) in [7, 11) is 1.58. The molecule has 2 aromatic carbocycles. The minimum Gasteiger partial charge on any atom is -0.497 e. The van der Waals surface area contributed by atoms with Crippen LogP contribution in [0.1, 0.15) is 18.6 Å². The molecule has 0 saturated heterocycles. The maximum Gasteiger partial charge on any atom is 0.162 e. The van der Waals surface area contributed by atoms with Gasteiger partial charge in [-0.1, -0.05) is 12.1 Å². The molecule has 0 saturated carbocycles. The first-order chi connectivity index (χ1) is 11.5. The minimum absolute atomic E-state index is 0.0778. The van der Waals surface area contributed by atoms with Crippen molar-refractivity contribution in [3.63, 3.8) is 0 Å². The van der Waals surface area contributed by atoms with Gasteiger partial charge in [-0.25, -0.2) is 8.78 Å². The number of hydrogen-bond donors (Lipinski definition) is 2. The molecule has 0 aromatic heterocycles. The Kier molecular flexibility index (Phi) is 6.52. The van der Waals surface area contributed by atoms with Crippen molar-refractivity contribution >= 4 is 0 Å². The van der Waals surface area contributed by atoms with E-state index < -0.39 is 17.7 Å². The predicted molar refractivity (Wildman–Crippen MR) is 87.3 cm³/mol. The van der Waals surface area contributed by atoms with E-state index in [4.69, 9.17) is 9.47 Å². The Bertz CT molecular complexity index is 649. The quantitative estimate of drug-likeness (QED) is 0.777. The van der Waals surface area contributed by atoms with E-state index in [1.165, 1.54) is 6.07 Å². The normalized spacial score (nSPS) is 13.4. The van der Waals surface area contributed by atoms with Crippen LogP contribution in [0.15, 0.2) is 42.5 Å². The van der Waals surface area contributed by atoms with E-state index in [9.17, 15) is 13.9 Å². The zero-order valence-corrected chi connectivity index (χ0v) is 13.6. The van der Waals surface area contributed by atoms with Crippen molar-refractivity contribution in [3.05, 3.63) is 59.7 Å². The van der Waals surface area contributed by atoms with Crippen LogP contribution in [0.4, 0.5) is 8.78 Å². The molecule has 24 heavy (non-hydrogen) atoms. The molecule has 0 amide bonds. The fourth-order valence-electron chi connectivity index (χ4n) is 2.10. The Morgan fingerprint density at radius 2 is 1.71 bits per heavy atom. The van der Waals surface area contributed by atoms with Gasteiger partial charge < -0.3 is 19.9 Å². The third-order valence-electron chi connectivity index (χ3n) is 3.55. The van der Waals surface area contributed by atoms with Crippen molar-refractivity contribution in [2.75, 3.05) is 20.3 Å². The maximum absolute atomic E-state index is 13.1. The molecule has 2 rings (SSSR count). The van der Waals surface area contributed by atoms with E-state index in [1.807, 2.05) is 6.92 Å². The second kappa shape index (κ2) is 8.61. The molecule has 0 radical (unpaired) electrons. The largest absolute Gasteiger partial charge is 0.497 e. The molecule has 4 nitrogen and oxygen atoms in total. The highest BCUT2D eigenvalue weighted by Gasteiger charge is 2.11. The fourth-order valence-corrected chi connectivity index (χ4v) is 2.10. The SMILES string of the molecule is COc1ccc(C(O)CNC(C)COc2ccc(F)c(F)c2)cc1. The lowest BCUT2D eigenvalue weighted by atomic mass is 10.1. The minimum atomic E-state index is -0.942. The van der Waals surface area contributed by atoms with Gasteiger partial charge in [0.1, 0.15) is 18.1 Å². The summed E-state index contributed by atoms with van der Waals surface area (Å²) in [6, 6.07) is 10.5. The lowest BCUT2D eigenvalue weighted by molar-refractivity contribution is 0.163. The molecule has 2 unspecified atom stereocenters. The Labute approximate surface area is 140 Å². The molecule has 0 aliphatic carbocycles. The first-order valence-corrected chi connectivity index (χ1v) is 7.63. The van der Waals surface area contributed by atoms with Gasteiger partial charge in [0.05, 0.1) is 13.2 Å². The molecular formula is C18H21F2NO3. The first-order valence-electron chi connectivity index (χ1n) is 7.63. The molecule has 0 spiro atoms. The van der Waals surface area contributed by atoms with Crippen LogP contribution in [0, 0.1) is 11.6 Å². The molecule has 0 aliphatic rings. The van der Waals surface area contributed by atoms with Crippen LogP contribution in [0.5, 0.6) is 11.5 Å². The standard InChI is InChI=1S/C18H21F2NO3/c1-12(11-24-15-7-8-16(19)17(20)9-15)21-10-18(22)13-3-5-14(23-2)6-4-13/h3-9,12,18,21-22H,10-11H2,1-2H3. The van der Waals surface area contributed by atoms with Crippen LogP contribution in [0.2, 0.25) is 0 Å². The van der Waals surface area contributed by atoms with Crippen molar-refractivity contribution in [1.29, 1.82) is 0 Å². The predicted octanol–water partition coefficient (Wildman–Crippen LogP) is 3.06. The van der Waals surface area contributed by atoms with Gasteiger partial charge in [0, 0.05) is 18.7 Å². The molecule has 6 heteroatoms. The number of ether oxygens (including phenoxy) is 2. The average Bonchev–Trinajstić information content (AvgIpc) is 2.60. The highest BCUT2D eigenvalue weighted by atomic mass is 19.2. The number of halogens is 2. The number of aliphatic hydroxyl groups is 1. The molecule has 2 N–H and O–H groups in total. The summed E-state index contributed by atoms with van der Waals surface area (Å²) in [4.78, 5) is 0. The Hall–Kier alpha value is -2.18. The van der Waals surface area contributed by atoms with Gasteiger partial charge in [0.2, 0.25) is 0 Å². The lowest BCUT2D eigenvalue weighted by Crippen LogP contribution is -2.34. The molecule has 0 bridgehead atoms. The summed E-state index contributed by atoms with van der Waals surface area (Å²) in [6.07, 6.45) is -0.665. The van der Waals surface area contributed by atoms with Crippen molar-refractivity contribution < 1.29 is 23.4 Å². The topological polar surface area (TPSA) is 50.7 Å². The van der Waals surface area contributed by atoms with E-state index in [1.54, 1.807) is 31.4 Å². The molecule has 2 atom stereocenters. The zero-order valence-electron chi connectivity index (χ0n) is 13.6. The number of nitrogens with one attached hydrogen (secondary N) is 1. The van der Waals surface area contributed by atoms with Gasteiger partial charge in [-0.2, -0.15) is 0 Å². The van der Waals surface area contributed by atoms with Gasteiger partial charge in [0.25, 0.3) is 0 Å². The van der Waals surface area contributed by atoms with Crippen molar-refractivity contribution in [3.8, 4) is 11.5 Å². The Morgan fingerprint density at radius 1 is 1.04 bits per heavy atom. The van der Waals surface area contributed by atoms with Gasteiger partial charge in [-0.3, -0.25) is 0 Å². The highest BCUT2D eigenvalue weighted by molar-refractivity contribution is 5.28. The fraction of sp³-hybridized carbons (Fsp3) is 0.333. The summed E-state index contributed by atoms with van der Waals surface area (Å²) in [5, 5.41) is 13.3. The summed E-state index contributed by atoms with van der Waals surface area (Å²) in [5.41, 5.74) is 0.775. The Morgan fingerprint density at radius 3 is 2.33 bits per heavy atom. The summed E-state index contributed by atoms with van der Waals surface area (Å²) >= 11 is 0. The second-order valence-corrected chi connectivity index (χ2v) is 5.49. The van der Waals surface area contributed by atoms with E-state index in [2.05, 4.69) is 5.32 Å². The van der Waals surface area contributed by atoms with Gasteiger partial charge in [0.15, 0.2) is 11.6 Å². The van der Waals surface area contributed by atoms with Crippen molar-refractivity contribution in [1.82, 2.24) is 5.32 Å². The van der Waals surface area contributed by atoms with E-state index in [0.717, 1.165) is 23.4 Å². The highest BCUT2D eigenvalue weighted by Crippen LogP contribution is 2.18. The second-order valence-electron chi connectivity index (χ2n) is 5.49. The van der Waals surface area contributed by atoms with Crippen LogP contribution in [-0.4, -0.2) is 31.4 Å². The van der Waals surface area contributed by atoms with Crippen LogP contribution >= 0.6 is 0 Å². The summed E-state index contributed by atoms with van der Waals surface area (Å²) in [6.45, 7) is 2.48. The number of methoxy groups -OCH3 is 1. The first kappa shape index (κ1) is 18.2. The third-order valence-corrected chi connectivity index (χ3v) is 3.55. The average molecular weight is 337 g/mol. The number of benzene rings is 2. The molecule has 2 aromatic rings. The van der Waals surface area contributed by atoms with E-state index >= 15 is 0 Å². The number of aliphatic hydroxyl groups excluding tert-OH is 1. The molecule has 0 aliphatic heterocycles. The van der Waals surface area contributed by atoms with Crippen molar-refractivity contribution in [2.24, 2.45) is 0 Å². The number of rotatable bonds is 8. The van der Waals surface area contributed by atoms with E-state index in [-0.39, 0.29) is 18.4 Å². The molecule has 0 heterocycles. The van der Waals surface area contributed by atoms with Crippen LogP contribution < -0.4 is 14.8 Å². The van der Waals surface area contributed by atoms with Crippen molar-refractivity contribution in [2.45, 2.75) is 19.1 Å². The maximum atomic E-state index is 13.1. The molecular weight excluding hydrogens is 316 g/mol. The third kappa shape index (κ3) is 5.18. The van der Waals surface area contributed by atoms with Crippen LogP contribution in [0.3, 0.4) is 0 Å². The van der Waals surface area contributed by atoms with Crippen LogP contribution in [-0.2, 0) is 0 Å². The van der Waals surface area contributed by atoms with Gasteiger partial charge in [-0.15, -0.1) is 0 Å². The van der Waals surface area contributed by atoms with Gasteiger partial charge in [-0.05, 0) is 36.8 Å². The van der Waals surface area contributed by atoms with E-state index in [0.29, 0.717) is 6.54 Å². The summed E-state index contributed by atoms with van der Waals surface area (Å²) in [5.74, 6) is -0.857. The zero-order chi connectivity index (χ0) is 17.5. The molecule has 130 valence electrons. The smallest absolute Gasteiger partial charge is 0.162 e. The lowest BCUT2D eigenvalue weighted by Gasteiger charge is -2.18.